The summed E-state index contributed by atoms with van der Waals surface area (Å²) in [6.45, 7) is 1.62. The van der Waals surface area contributed by atoms with Crippen LogP contribution in [0, 0.1) is 6.92 Å². The van der Waals surface area contributed by atoms with Crippen molar-refractivity contribution < 1.29 is 19.4 Å². The van der Waals surface area contributed by atoms with Crippen molar-refractivity contribution in [1.29, 1.82) is 0 Å². The Hall–Kier alpha value is -1.88. The Morgan fingerprint density at radius 2 is 2.11 bits per heavy atom. The number of hydrogen-bond donors (Lipinski definition) is 2. The molecule has 1 aromatic carbocycles. The van der Waals surface area contributed by atoms with Crippen LogP contribution in [0.5, 0.6) is 5.75 Å². The van der Waals surface area contributed by atoms with Gasteiger partial charge in [0.05, 0.1) is 5.75 Å². The first-order valence-electron chi connectivity index (χ1n) is 5.31. The quantitative estimate of drug-likeness (QED) is 0.829. The van der Waals surface area contributed by atoms with E-state index in [1.165, 1.54) is 17.8 Å². The molecule has 5 heteroatoms. The molecule has 0 fully saturated rings. The van der Waals surface area contributed by atoms with Gasteiger partial charge in [-0.15, -0.1) is 11.8 Å². The van der Waals surface area contributed by atoms with E-state index in [2.05, 4.69) is 0 Å². The second-order valence-corrected chi connectivity index (χ2v) is 4.76. The van der Waals surface area contributed by atoms with Crippen LogP contribution in [-0.2, 0) is 5.75 Å². The van der Waals surface area contributed by atoms with Crippen LogP contribution < -0.4 is 0 Å². The zero-order valence-electron chi connectivity index (χ0n) is 9.71. The van der Waals surface area contributed by atoms with E-state index in [1.807, 2.05) is 6.07 Å². The highest BCUT2D eigenvalue weighted by atomic mass is 32.2. The van der Waals surface area contributed by atoms with Gasteiger partial charge >= 0.3 is 5.97 Å². The highest BCUT2D eigenvalue weighted by Gasteiger charge is 2.14. The van der Waals surface area contributed by atoms with Gasteiger partial charge in [-0.25, -0.2) is 4.79 Å². The van der Waals surface area contributed by atoms with Crippen molar-refractivity contribution in [3.8, 4) is 5.75 Å². The molecule has 2 N–H and O–H groups in total. The van der Waals surface area contributed by atoms with Crippen LogP contribution in [-0.4, -0.2) is 16.2 Å². The van der Waals surface area contributed by atoms with E-state index in [-0.39, 0.29) is 11.3 Å². The zero-order chi connectivity index (χ0) is 13.1. The van der Waals surface area contributed by atoms with E-state index >= 15 is 0 Å². The van der Waals surface area contributed by atoms with Crippen molar-refractivity contribution in [1.82, 2.24) is 0 Å². The van der Waals surface area contributed by atoms with Crippen LogP contribution in [0.1, 0.15) is 21.9 Å². The predicted octanol–water partition coefficient (Wildman–Crippen LogP) is 3.28. The predicted molar refractivity (Wildman–Crippen MR) is 68.1 cm³/mol. The van der Waals surface area contributed by atoms with Crippen LogP contribution in [0.3, 0.4) is 0 Å². The first-order valence-corrected chi connectivity index (χ1v) is 6.30. The van der Waals surface area contributed by atoms with E-state index in [0.29, 0.717) is 17.3 Å². The molecule has 0 unspecified atom stereocenters. The maximum Gasteiger partial charge on any atom is 0.339 e. The minimum atomic E-state index is -0.991. The smallest absolute Gasteiger partial charge is 0.339 e. The highest BCUT2D eigenvalue weighted by molar-refractivity contribution is 7.98. The van der Waals surface area contributed by atoms with Crippen LogP contribution >= 0.6 is 11.8 Å². The normalized spacial score (nSPS) is 10.5. The fraction of sp³-hybridized carbons (Fsp3) is 0.154. The van der Waals surface area contributed by atoms with Crippen LogP contribution in [0.2, 0.25) is 0 Å². The molecule has 0 aliphatic rings. The summed E-state index contributed by atoms with van der Waals surface area (Å²) in [5, 5.41) is 18.5. The minimum Gasteiger partial charge on any atom is -0.507 e. The van der Waals surface area contributed by atoms with Crippen LogP contribution in [0.15, 0.2) is 39.6 Å². The van der Waals surface area contributed by atoms with Gasteiger partial charge in [0, 0.05) is 4.90 Å². The molecule has 0 bridgehead atoms. The van der Waals surface area contributed by atoms with E-state index < -0.39 is 5.97 Å². The minimum absolute atomic E-state index is 0.183. The Morgan fingerprint density at radius 1 is 1.39 bits per heavy atom. The number of carbonyl (C=O) groups is 1. The first kappa shape index (κ1) is 12.6. The van der Waals surface area contributed by atoms with Gasteiger partial charge in [0.2, 0.25) is 0 Å². The molecule has 0 aliphatic carbocycles. The lowest BCUT2D eigenvalue weighted by molar-refractivity contribution is 0.0695. The summed E-state index contributed by atoms with van der Waals surface area (Å²) < 4.78 is 5.35. The largest absolute Gasteiger partial charge is 0.507 e. The summed E-state index contributed by atoms with van der Waals surface area (Å²) in [6, 6.07) is 8.51. The molecule has 0 saturated carbocycles. The van der Waals surface area contributed by atoms with Gasteiger partial charge in [-0.05, 0) is 25.1 Å². The van der Waals surface area contributed by atoms with E-state index in [4.69, 9.17) is 9.52 Å². The third kappa shape index (κ3) is 2.68. The lowest BCUT2D eigenvalue weighted by Gasteiger charge is -2.01. The summed E-state index contributed by atoms with van der Waals surface area (Å²) in [4.78, 5) is 11.6. The number of phenolic OH excluding ortho intramolecular Hbond substituents is 1. The summed E-state index contributed by atoms with van der Waals surface area (Å²) in [5.74, 6) is 0.680. The number of phenols is 1. The van der Waals surface area contributed by atoms with Gasteiger partial charge in [0.1, 0.15) is 22.8 Å². The summed E-state index contributed by atoms with van der Waals surface area (Å²) >= 11 is 1.40. The van der Waals surface area contributed by atoms with Crippen molar-refractivity contribution in [3.63, 3.8) is 0 Å². The molecule has 2 rings (SSSR count). The molecular formula is C13H12O4S. The number of carboxylic acid groups (broad SMARTS) is 1. The number of carboxylic acids is 1. The fourth-order valence-electron chi connectivity index (χ4n) is 1.56. The highest BCUT2D eigenvalue weighted by Crippen LogP contribution is 2.31. The summed E-state index contributed by atoms with van der Waals surface area (Å²) in [5.41, 5.74) is 0.183. The molecule has 0 aliphatic heterocycles. The lowest BCUT2D eigenvalue weighted by Crippen LogP contribution is -1.94. The third-order valence-electron chi connectivity index (χ3n) is 2.43. The lowest BCUT2D eigenvalue weighted by atomic mass is 10.2. The van der Waals surface area contributed by atoms with Crippen molar-refractivity contribution >= 4 is 17.7 Å². The monoisotopic (exact) mass is 264 g/mol. The van der Waals surface area contributed by atoms with Gasteiger partial charge in [-0.2, -0.15) is 0 Å². The van der Waals surface area contributed by atoms with Crippen LogP contribution in [0.4, 0.5) is 0 Å². The molecule has 2 aromatic rings. The second kappa shape index (κ2) is 5.18. The summed E-state index contributed by atoms with van der Waals surface area (Å²) in [7, 11) is 0. The average Bonchev–Trinajstić information content (AvgIpc) is 2.70. The molecule has 0 radical (unpaired) electrons. The number of aryl methyl sites for hydroxylation is 1. The number of hydrogen-bond acceptors (Lipinski definition) is 4. The Kier molecular flexibility index (Phi) is 3.62. The number of rotatable bonds is 4. The zero-order valence-corrected chi connectivity index (χ0v) is 10.5. The number of aromatic carboxylic acids is 1. The number of para-hydroxylation sites is 1. The molecule has 0 saturated heterocycles. The molecule has 18 heavy (non-hydrogen) atoms. The Balaban J connectivity index is 2.09. The Bertz CT molecular complexity index is 574. The molecule has 1 aromatic heterocycles. The molecule has 4 nitrogen and oxygen atoms in total. The SMILES string of the molecule is Cc1oc(CSc2ccccc2O)cc1C(=O)O. The van der Waals surface area contributed by atoms with Gasteiger partial charge in [-0.1, -0.05) is 12.1 Å². The second-order valence-electron chi connectivity index (χ2n) is 3.74. The number of benzene rings is 1. The maximum absolute atomic E-state index is 10.9. The Labute approximate surface area is 108 Å². The van der Waals surface area contributed by atoms with Gasteiger partial charge in [0.25, 0.3) is 0 Å². The van der Waals surface area contributed by atoms with E-state index in [0.717, 1.165) is 4.90 Å². The van der Waals surface area contributed by atoms with E-state index in [1.54, 1.807) is 25.1 Å². The summed E-state index contributed by atoms with van der Waals surface area (Å²) in [6.07, 6.45) is 0. The average molecular weight is 264 g/mol. The topological polar surface area (TPSA) is 70.7 Å². The van der Waals surface area contributed by atoms with Gasteiger partial charge < -0.3 is 14.6 Å². The van der Waals surface area contributed by atoms with Crippen molar-refractivity contribution in [2.75, 3.05) is 0 Å². The fourth-order valence-corrected chi connectivity index (χ4v) is 2.39. The van der Waals surface area contributed by atoms with E-state index in [9.17, 15) is 9.90 Å². The number of furan rings is 1. The third-order valence-corrected chi connectivity index (χ3v) is 3.52. The number of aromatic hydroxyl groups is 1. The standard InChI is InChI=1S/C13H12O4S/c1-8-10(13(15)16)6-9(17-8)7-18-12-5-3-2-4-11(12)14/h2-6,14H,7H2,1H3,(H,15,16). The number of thioether (sulfide) groups is 1. The Morgan fingerprint density at radius 3 is 2.72 bits per heavy atom. The maximum atomic E-state index is 10.9. The van der Waals surface area contributed by atoms with Crippen molar-refractivity contribution in [2.45, 2.75) is 17.6 Å². The molecule has 0 spiro atoms. The molecule has 0 atom stereocenters. The molecule has 94 valence electrons. The molecule has 0 amide bonds. The van der Waals surface area contributed by atoms with Crippen molar-refractivity contribution in [2.24, 2.45) is 0 Å². The van der Waals surface area contributed by atoms with Gasteiger partial charge in [0.15, 0.2) is 0 Å². The van der Waals surface area contributed by atoms with Crippen molar-refractivity contribution in [3.05, 3.63) is 47.4 Å². The van der Waals surface area contributed by atoms with Crippen LogP contribution in [0.25, 0.3) is 0 Å². The first-order chi connectivity index (χ1) is 8.58. The van der Waals surface area contributed by atoms with Gasteiger partial charge in [-0.3, -0.25) is 0 Å². The molecular weight excluding hydrogens is 252 g/mol. The molecule has 1 heterocycles.